The first-order chi connectivity index (χ1) is 11.4. The van der Waals surface area contributed by atoms with Crippen LogP contribution in [0, 0.1) is 11.7 Å². The van der Waals surface area contributed by atoms with Crippen LogP contribution >= 0.6 is 0 Å². The molecule has 0 saturated heterocycles. The molecule has 124 valence electrons. The number of rotatable bonds is 1. The summed E-state index contributed by atoms with van der Waals surface area (Å²) in [7, 11) is 0. The van der Waals surface area contributed by atoms with Crippen molar-refractivity contribution in [2.45, 2.75) is 24.6 Å². The van der Waals surface area contributed by atoms with Crippen LogP contribution in [0.1, 0.15) is 35.1 Å². The number of halogens is 4. The predicted octanol–water partition coefficient (Wildman–Crippen LogP) is 5.67. The molecule has 5 heteroatoms. The molecule has 2 aromatic carbocycles. The van der Waals surface area contributed by atoms with Gasteiger partial charge < -0.3 is 5.32 Å². The lowest BCUT2D eigenvalue weighted by Crippen LogP contribution is -2.29. The standard InChI is InChI=1S/C19H15F4N/c20-13-7-4-11(5-8-13)18-15-3-1-2-14(15)16-10-12(19(21,22)23)6-9-17(16)24-18/h1-2,4-10,14-15,18,24H,3H2. The molecule has 0 bridgehead atoms. The minimum atomic E-state index is -4.35. The number of fused-ring (bicyclic) bond motifs is 3. The van der Waals surface area contributed by atoms with E-state index in [0.717, 1.165) is 18.1 Å². The topological polar surface area (TPSA) is 12.0 Å². The van der Waals surface area contributed by atoms with Gasteiger partial charge in [-0.3, -0.25) is 0 Å². The van der Waals surface area contributed by atoms with Crippen molar-refractivity contribution >= 4 is 5.69 Å². The summed E-state index contributed by atoms with van der Waals surface area (Å²) in [5.74, 6) is -0.226. The molecule has 2 aromatic rings. The Bertz CT molecular complexity index is 792. The highest BCUT2D eigenvalue weighted by atomic mass is 19.4. The Morgan fingerprint density at radius 3 is 2.46 bits per heavy atom. The summed E-state index contributed by atoms with van der Waals surface area (Å²) in [5, 5.41) is 3.35. The Morgan fingerprint density at radius 2 is 1.75 bits per heavy atom. The van der Waals surface area contributed by atoms with Gasteiger partial charge in [0.15, 0.2) is 0 Å². The maximum absolute atomic E-state index is 13.2. The van der Waals surface area contributed by atoms with E-state index in [2.05, 4.69) is 5.32 Å². The summed E-state index contributed by atoms with van der Waals surface area (Å²) in [4.78, 5) is 0. The maximum atomic E-state index is 13.2. The number of nitrogens with one attached hydrogen (secondary N) is 1. The number of alkyl halides is 3. The molecule has 24 heavy (non-hydrogen) atoms. The zero-order chi connectivity index (χ0) is 16.9. The summed E-state index contributed by atoms with van der Waals surface area (Å²) in [6, 6.07) is 10.1. The highest BCUT2D eigenvalue weighted by Gasteiger charge is 2.39. The van der Waals surface area contributed by atoms with Gasteiger partial charge in [0.1, 0.15) is 5.82 Å². The zero-order valence-corrected chi connectivity index (χ0v) is 12.6. The van der Waals surface area contributed by atoms with Crippen molar-refractivity contribution in [1.82, 2.24) is 0 Å². The largest absolute Gasteiger partial charge is 0.416 e. The molecule has 0 fully saturated rings. The molecule has 3 atom stereocenters. The summed E-state index contributed by atoms with van der Waals surface area (Å²) >= 11 is 0. The van der Waals surface area contributed by atoms with Crippen molar-refractivity contribution in [1.29, 1.82) is 0 Å². The van der Waals surface area contributed by atoms with Gasteiger partial charge in [-0.2, -0.15) is 13.2 Å². The second-order valence-electron chi connectivity index (χ2n) is 6.33. The van der Waals surface area contributed by atoms with Gasteiger partial charge in [0.2, 0.25) is 0 Å². The van der Waals surface area contributed by atoms with Gasteiger partial charge in [-0.15, -0.1) is 0 Å². The second kappa shape index (κ2) is 5.36. The first kappa shape index (κ1) is 15.2. The summed E-state index contributed by atoms with van der Waals surface area (Å²) in [6.07, 6.45) is 0.444. The normalized spacial score (nSPS) is 25.1. The van der Waals surface area contributed by atoms with Gasteiger partial charge in [-0.05, 0) is 53.8 Å². The minimum absolute atomic E-state index is 0.0464. The van der Waals surface area contributed by atoms with Crippen LogP contribution in [0.4, 0.5) is 23.2 Å². The molecular formula is C19H15F4N. The van der Waals surface area contributed by atoms with E-state index in [9.17, 15) is 17.6 Å². The Labute approximate surface area is 137 Å². The van der Waals surface area contributed by atoms with Crippen molar-refractivity contribution in [3.05, 3.63) is 77.1 Å². The molecule has 2 aliphatic rings. The van der Waals surface area contributed by atoms with Crippen LogP contribution in [-0.2, 0) is 6.18 Å². The van der Waals surface area contributed by atoms with Crippen molar-refractivity contribution in [2.24, 2.45) is 5.92 Å². The molecule has 1 nitrogen and oxygen atoms in total. The Balaban J connectivity index is 1.76. The average molecular weight is 333 g/mol. The zero-order valence-electron chi connectivity index (χ0n) is 12.6. The molecule has 0 amide bonds. The maximum Gasteiger partial charge on any atom is 0.416 e. The van der Waals surface area contributed by atoms with Gasteiger partial charge in [-0.1, -0.05) is 24.3 Å². The Morgan fingerprint density at radius 1 is 1.00 bits per heavy atom. The lowest BCUT2D eigenvalue weighted by Gasteiger charge is -2.37. The van der Waals surface area contributed by atoms with E-state index < -0.39 is 11.7 Å². The van der Waals surface area contributed by atoms with E-state index in [1.807, 2.05) is 12.2 Å². The first-order valence-corrected chi connectivity index (χ1v) is 7.83. The van der Waals surface area contributed by atoms with Gasteiger partial charge in [0.05, 0.1) is 11.6 Å². The quantitative estimate of drug-likeness (QED) is 0.524. The number of anilines is 1. The average Bonchev–Trinajstić information content (AvgIpc) is 3.03. The first-order valence-electron chi connectivity index (χ1n) is 7.83. The van der Waals surface area contributed by atoms with Crippen LogP contribution in [0.25, 0.3) is 0 Å². The van der Waals surface area contributed by atoms with E-state index >= 15 is 0 Å². The predicted molar refractivity (Wildman–Crippen MR) is 84.2 cm³/mol. The van der Waals surface area contributed by atoms with Crippen LogP contribution < -0.4 is 5.32 Å². The van der Waals surface area contributed by atoms with Gasteiger partial charge in [-0.25, -0.2) is 4.39 Å². The minimum Gasteiger partial charge on any atom is -0.378 e. The van der Waals surface area contributed by atoms with E-state index in [-0.39, 0.29) is 23.7 Å². The monoisotopic (exact) mass is 333 g/mol. The van der Waals surface area contributed by atoms with Gasteiger partial charge in [0, 0.05) is 11.6 Å². The molecule has 0 spiro atoms. The van der Waals surface area contributed by atoms with E-state index in [1.54, 1.807) is 12.1 Å². The van der Waals surface area contributed by atoms with Crippen LogP contribution in [0.3, 0.4) is 0 Å². The highest BCUT2D eigenvalue weighted by Crippen LogP contribution is 2.50. The Kier molecular flexibility index (Phi) is 3.41. The molecular weight excluding hydrogens is 318 g/mol. The van der Waals surface area contributed by atoms with E-state index in [4.69, 9.17) is 0 Å². The molecule has 1 N–H and O–H groups in total. The molecule has 0 aromatic heterocycles. The molecule has 1 aliphatic carbocycles. The van der Waals surface area contributed by atoms with Crippen LogP contribution in [-0.4, -0.2) is 0 Å². The smallest absolute Gasteiger partial charge is 0.378 e. The molecule has 3 unspecified atom stereocenters. The number of benzene rings is 2. The lowest BCUT2D eigenvalue weighted by molar-refractivity contribution is -0.137. The molecule has 0 radical (unpaired) electrons. The molecule has 1 heterocycles. The van der Waals surface area contributed by atoms with E-state index in [0.29, 0.717) is 11.3 Å². The fourth-order valence-corrected chi connectivity index (χ4v) is 3.77. The third kappa shape index (κ3) is 2.48. The van der Waals surface area contributed by atoms with Crippen molar-refractivity contribution in [3.63, 3.8) is 0 Å². The van der Waals surface area contributed by atoms with Crippen molar-refractivity contribution in [3.8, 4) is 0 Å². The third-order valence-electron chi connectivity index (χ3n) is 4.92. The molecule has 4 rings (SSSR count). The van der Waals surface area contributed by atoms with Crippen LogP contribution in [0.5, 0.6) is 0 Å². The number of hydrogen-bond donors (Lipinski definition) is 1. The SMILES string of the molecule is Fc1ccc(C2Nc3ccc(C(F)(F)F)cc3C3C=CCC32)cc1. The van der Waals surface area contributed by atoms with Crippen molar-refractivity contribution < 1.29 is 17.6 Å². The second-order valence-corrected chi connectivity index (χ2v) is 6.33. The van der Waals surface area contributed by atoms with Gasteiger partial charge >= 0.3 is 6.18 Å². The summed E-state index contributed by atoms with van der Waals surface area (Å²) in [6.45, 7) is 0. The van der Waals surface area contributed by atoms with Gasteiger partial charge in [0.25, 0.3) is 0 Å². The van der Waals surface area contributed by atoms with Crippen LogP contribution in [0.2, 0.25) is 0 Å². The van der Waals surface area contributed by atoms with Crippen LogP contribution in [0.15, 0.2) is 54.6 Å². The summed E-state index contributed by atoms with van der Waals surface area (Å²) < 4.78 is 52.2. The fourth-order valence-electron chi connectivity index (χ4n) is 3.77. The molecule has 0 saturated carbocycles. The number of hydrogen-bond acceptors (Lipinski definition) is 1. The highest BCUT2D eigenvalue weighted by molar-refractivity contribution is 5.61. The summed E-state index contributed by atoms with van der Waals surface area (Å²) in [5.41, 5.74) is 1.72. The Hall–Kier alpha value is -2.30. The lowest BCUT2D eigenvalue weighted by atomic mass is 9.76. The molecule has 1 aliphatic heterocycles. The van der Waals surface area contributed by atoms with Crippen molar-refractivity contribution in [2.75, 3.05) is 5.32 Å². The van der Waals surface area contributed by atoms with E-state index in [1.165, 1.54) is 24.3 Å². The number of allylic oxidation sites excluding steroid dienone is 2. The fraction of sp³-hybridized carbons (Fsp3) is 0.263. The third-order valence-corrected chi connectivity index (χ3v) is 4.92.